The summed E-state index contributed by atoms with van der Waals surface area (Å²) in [6, 6.07) is 1.92. The lowest BCUT2D eigenvalue weighted by Gasteiger charge is -2.41. The van der Waals surface area contributed by atoms with E-state index in [9.17, 15) is 4.79 Å². The molecule has 2 nitrogen and oxygen atoms in total. The number of hydrogen-bond acceptors (Lipinski definition) is 2. The smallest absolute Gasteiger partial charge is 0.262 e. The predicted molar refractivity (Wildman–Crippen MR) is 70.9 cm³/mol. The molecule has 1 fully saturated rings. The van der Waals surface area contributed by atoms with Gasteiger partial charge in [0.1, 0.15) is 4.88 Å². The highest BCUT2D eigenvalue weighted by molar-refractivity contribution is 9.10. The molecule has 0 spiro atoms. The van der Waals surface area contributed by atoms with Crippen LogP contribution in [-0.4, -0.2) is 12.5 Å². The van der Waals surface area contributed by atoms with Crippen molar-refractivity contribution in [2.75, 3.05) is 6.54 Å². The number of thiophene rings is 1. The van der Waals surface area contributed by atoms with Crippen molar-refractivity contribution in [1.82, 2.24) is 5.32 Å². The molecule has 0 bridgehead atoms. The van der Waals surface area contributed by atoms with E-state index in [0.717, 1.165) is 15.9 Å². The quantitative estimate of drug-likeness (QED) is 0.900. The molecule has 1 aromatic rings. The zero-order chi connectivity index (χ0) is 11.6. The maximum atomic E-state index is 11.9. The number of nitrogens with one attached hydrogen (secondary N) is 1. The molecule has 4 heteroatoms. The monoisotopic (exact) mass is 301 g/mol. The predicted octanol–water partition coefficient (Wildman–Crippen LogP) is 3.82. The van der Waals surface area contributed by atoms with Crippen molar-refractivity contribution in [1.29, 1.82) is 0 Å². The summed E-state index contributed by atoms with van der Waals surface area (Å²) >= 11 is 4.87. The van der Waals surface area contributed by atoms with Crippen molar-refractivity contribution in [3.63, 3.8) is 0 Å². The van der Waals surface area contributed by atoms with Gasteiger partial charge in [0, 0.05) is 11.0 Å². The largest absolute Gasteiger partial charge is 0.351 e. The number of carbonyl (C=O) groups is 1. The molecule has 1 heterocycles. The number of amides is 1. The SMILES string of the molecule is CCC1(CNC(=O)c2sccc2Br)CCC1. The topological polar surface area (TPSA) is 29.1 Å². The first kappa shape index (κ1) is 12.1. The second kappa shape index (κ2) is 4.88. The molecule has 1 aliphatic carbocycles. The molecule has 0 saturated heterocycles. The molecule has 0 unspecified atom stereocenters. The van der Waals surface area contributed by atoms with E-state index in [1.807, 2.05) is 11.4 Å². The fraction of sp³-hybridized carbons (Fsp3) is 0.583. The summed E-state index contributed by atoms with van der Waals surface area (Å²) in [7, 11) is 0. The first-order valence-corrected chi connectivity index (χ1v) is 7.35. The molecule has 0 aliphatic heterocycles. The minimum atomic E-state index is 0.0570. The highest BCUT2D eigenvalue weighted by atomic mass is 79.9. The van der Waals surface area contributed by atoms with Crippen LogP contribution in [0.15, 0.2) is 15.9 Å². The zero-order valence-corrected chi connectivity index (χ0v) is 11.8. The lowest BCUT2D eigenvalue weighted by atomic mass is 9.67. The van der Waals surface area contributed by atoms with Gasteiger partial charge >= 0.3 is 0 Å². The summed E-state index contributed by atoms with van der Waals surface area (Å²) in [4.78, 5) is 12.7. The van der Waals surface area contributed by atoms with E-state index in [-0.39, 0.29) is 5.91 Å². The highest BCUT2D eigenvalue weighted by Gasteiger charge is 2.35. The van der Waals surface area contributed by atoms with Gasteiger partial charge in [-0.25, -0.2) is 0 Å². The van der Waals surface area contributed by atoms with Gasteiger partial charge in [0.25, 0.3) is 5.91 Å². The van der Waals surface area contributed by atoms with Gasteiger partial charge in [-0.15, -0.1) is 11.3 Å². The van der Waals surface area contributed by atoms with Crippen LogP contribution < -0.4 is 5.32 Å². The molecule has 2 rings (SSSR count). The van der Waals surface area contributed by atoms with Crippen LogP contribution in [0.5, 0.6) is 0 Å². The summed E-state index contributed by atoms with van der Waals surface area (Å²) < 4.78 is 0.897. The minimum absolute atomic E-state index is 0.0570. The first-order chi connectivity index (χ1) is 7.67. The van der Waals surface area contributed by atoms with Crippen LogP contribution in [0.4, 0.5) is 0 Å². The molecule has 0 atom stereocenters. The van der Waals surface area contributed by atoms with Crippen molar-refractivity contribution < 1.29 is 4.79 Å². The van der Waals surface area contributed by atoms with Crippen LogP contribution in [0.2, 0.25) is 0 Å². The van der Waals surface area contributed by atoms with E-state index in [1.165, 1.54) is 37.0 Å². The van der Waals surface area contributed by atoms with Crippen molar-refractivity contribution in [3.8, 4) is 0 Å². The fourth-order valence-corrected chi connectivity index (χ4v) is 3.60. The zero-order valence-electron chi connectivity index (χ0n) is 9.38. The summed E-state index contributed by atoms with van der Waals surface area (Å²) in [5.41, 5.74) is 0.388. The number of rotatable bonds is 4. The van der Waals surface area contributed by atoms with Gasteiger partial charge in [-0.1, -0.05) is 13.3 Å². The van der Waals surface area contributed by atoms with E-state index in [1.54, 1.807) is 0 Å². The molecular formula is C12H16BrNOS. The molecule has 1 amide bonds. The standard InChI is InChI=1S/C12H16BrNOS/c1-2-12(5-3-6-12)8-14-11(15)10-9(13)4-7-16-10/h4,7H,2-3,5-6,8H2,1H3,(H,14,15). The molecule has 16 heavy (non-hydrogen) atoms. The van der Waals surface area contributed by atoms with E-state index in [2.05, 4.69) is 28.2 Å². The molecule has 0 aromatic carbocycles. The first-order valence-electron chi connectivity index (χ1n) is 5.68. The van der Waals surface area contributed by atoms with Crippen LogP contribution in [0.3, 0.4) is 0 Å². The van der Waals surface area contributed by atoms with Crippen LogP contribution in [-0.2, 0) is 0 Å². The van der Waals surface area contributed by atoms with Crippen molar-refractivity contribution >= 4 is 33.2 Å². The second-order valence-electron chi connectivity index (χ2n) is 4.49. The molecule has 88 valence electrons. The number of hydrogen-bond donors (Lipinski definition) is 1. The van der Waals surface area contributed by atoms with Crippen molar-refractivity contribution in [3.05, 3.63) is 20.8 Å². The van der Waals surface area contributed by atoms with E-state index >= 15 is 0 Å². The molecule has 0 radical (unpaired) electrons. The fourth-order valence-electron chi connectivity index (χ4n) is 2.14. The van der Waals surface area contributed by atoms with Gasteiger partial charge in [-0.3, -0.25) is 4.79 Å². The maximum absolute atomic E-state index is 11.9. The molecule has 1 N–H and O–H groups in total. The Labute approximate surface area is 109 Å². The Bertz CT molecular complexity index is 379. The minimum Gasteiger partial charge on any atom is -0.351 e. The van der Waals surface area contributed by atoms with Crippen molar-refractivity contribution in [2.45, 2.75) is 32.6 Å². The van der Waals surface area contributed by atoms with E-state index < -0.39 is 0 Å². The van der Waals surface area contributed by atoms with E-state index in [4.69, 9.17) is 0 Å². The Kier molecular flexibility index (Phi) is 3.70. The Morgan fingerprint density at radius 2 is 2.38 bits per heavy atom. The summed E-state index contributed by atoms with van der Waals surface area (Å²) in [5.74, 6) is 0.0570. The van der Waals surface area contributed by atoms with Gasteiger partial charge in [0.15, 0.2) is 0 Å². The lowest BCUT2D eigenvalue weighted by molar-refractivity contribution is 0.0853. The Morgan fingerprint density at radius 1 is 1.62 bits per heavy atom. The number of halogens is 1. The van der Waals surface area contributed by atoms with Crippen LogP contribution >= 0.6 is 27.3 Å². The van der Waals surface area contributed by atoms with Crippen molar-refractivity contribution in [2.24, 2.45) is 5.41 Å². The van der Waals surface area contributed by atoms with Gasteiger partial charge in [0.2, 0.25) is 0 Å². The molecule has 1 saturated carbocycles. The lowest BCUT2D eigenvalue weighted by Crippen LogP contribution is -2.41. The summed E-state index contributed by atoms with van der Waals surface area (Å²) in [6.45, 7) is 3.04. The highest BCUT2D eigenvalue weighted by Crippen LogP contribution is 2.43. The summed E-state index contributed by atoms with van der Waals surface area (Å²) in [5, 5.41) is 4.99. The van der Waals surface area contributed by atoms with Gasteiger partial charge in [-0.2, -0.15) is 0 Å². The average molecular weight is 302 g/mol. The third-order valence-electron chi connectivity index (χ3n) is 3.61. The maximum Gasteiger partial charge on any atom is 0.262 e. The molecular weight excluding hydrogens is 286 g/mol. The van der Waals surface area contributed by atoms with Crippen LogP contribution in [0, 0.1) is 5.41 Å². The normalized spacial score (nSPS) is 17.9. The molecule has 1 aromatic heterocycles. The average Bonchev–Trinajstić information content (AvgIpc) is 2.63. The second-order valence-corrected chi connectivity index (χ2v) is 6.26. The van der Waals surface area contributed by atoms with Gasteiger partial charge in [-0.05, 0) is 52.1 Å². The Balaban J connectivity index is 1.91. The Morgan fingerprint density at radius 3 is 2.81 bits per heavy atom. The molecule has 1 aliphatic rings. The van der Waals surface area contributed by atoms with E-state index in [0.29, 0.717) is 5.41 Å². The third kappa shape index (κ3) is 2.33. The Hall–Kier alpha value is -0.350. The van der Waals surface area contributed by atoms with Crippen LogP contribution in [0.1, 0.15) is 42.3 Å². The van der Waals surface area contributed by atoms with Gasteiger partial charge < -0.3 is 5.32 Å². The van der Waals surface area contributed by atoms with Crippen LogP contribution in [0.25, 0.3) is 0 Å². The van der Waals surface area contributed by atoms with Gasteiger partial charge in [0.05, 0.1) is 0 Å². The third-order valence-corrected chi connectivity index (χ3v) is 5.45. The summed E-state index contributed by atoms with van der Waals surface area (Å²) in [6.07, 6.45) is 5.00. The number of carbonyl (C=O) groups excluding carboxylic acids is 1.